The molecule has 4 heteroatoms. The Hall–Kier alpha value is -0.250. The Balaban J connectivity index is 1.63. The molecule has 0 aromatic carbocycles. The third kappa shape index (κ3) is 4.45. The zero-order valence-electron chi connectivity index (χ0n) is 10.9. The minimum absolute atomic E-state index is 0.723. The van der Waals surface area contributed by atoms with Crippen molar-refractivity contribution in [1.82, 2.24) is 10.3 Å². The van der Waals surface area contributed by atoms with Gasteiger partial charge in [0.1, 0.15) is 5.03 Å². The molecule has 2 nitrogen and oxygen atoms in total. The molecule has 18 heavy (non-hydrogen) atoms. The maximum atomic E-state index is 6.06. The molecule has 1 N–H and O–H groups in total. The summed E-state index contributed by atoms with van der Waals surface area (Å²) in [6.45, 7) is 3.39. The molecule has 1 aliphatic rings. The zero-order chi connectivity index (χ0) is 12.8. The quantitative estimate of drug-likeness (QED) is 0.654. The van der Waals surface area contributed by atoms with Crippen LogP contribution in [0, 0.1) is 5.92 Å². The highest BCUT2D eigenvalue weighted by Gasteiger charge is 2.17. The van der Waals surface area contributed by atoms with Crippen LogP contribution < -0.4 is 5.32 Å². The SMILES string of the molecule is CC1CCC(NCCSc2ncccc2Cl)CC1. The van der Waals surface area contributed by atoms with Crippen molar-refractivity contribution < 1.29 is 0 Å². The molecule has 1 aromatic heterocycles. The maximum absolute atomic E-state index is 6.06. The summed E-state index contributed by atoms with van der Waals surface area (Å²) in [6, 6.07) is 4.49. The Labute approximate surface area is 119 Å². The Kier molecular flexibility index (Phi) is 5.80. The Bertz CT molecular complexity index is 365. The first kappa shape index (κ1) is 14.2. The van der Waals surface area contributed by atoms with E-state index in [1.165, 1.54) is 25.7 Å². The Morgan fingerprint density at radius 3 is 2.89 bits per heavy atom. The lowest BCUT2D eigenvalue weighted by Crippen LogP contribution is -2.34. The van der Waals surface area contributed by atoms with Crippen LogP contribution in [0.5, 0.6) is 0 Å². The van der Waals surface area contributed by atoms with Crippen LogP contribution in [0.2, 0.25) is 5.02 Å². The fraction of sp³-hybridized carbons (Fsp3) is 0.643. The van der Waals surface area contributed by atoms with Gasteiger partial charge in [0.25, 0.3) is 0 Å². The normalized spacial score (nSPS) is 24.1. The monoisotopic (exact) mass is 284 g/mol. The first-order chi connectivity index (χ1) is 8.75. The van der Waals surface area contributed by atoms with Crippen LogP contribution in [-0.4, -0.2) is 23.3 Å². The van der Waals surface area contributed by atoms with Crippen LogP contribution in [0.15, 0.2) is 23.4 Å². The predicted molar refractivity (Wildman–Crippen MR) is 79.4 cm³/mol. The van der Waals surface area contributed by atoms with Gasteiger partial charge in [0, 0.05) is 24.5 Å². The molecule has 1 fully saturated rings. The van der Waals surface area contributed by atoms with E-state index in [0.717, 1.165) is 34.3 Å². The first-order valence-electron chi connectivity index (χ1n) is 6.72. The average Bonchev–Trinajstić information content (AvgIpc) is 2.39. The van der Waals surface area contributed by atoms with Crippen LogP contribution >= 0.6 is 23.4 Å². The fourth-order valence-electron chi connectivity index (χ4n) is 2.35. The molecule has 0 spiro atoms. The lowest BCUT2D eigenvalue weighted by molar-refractivity contribution is 0.312. The molecule has 0 unspecified atom stereocenters. The van der Waals surface area contributed by atoms with Gasteiger partial charge < -0.3 is 5.32 Å². The van der Waals surface area contributed by atoms with Gasteiger partial charge in [-0.3, -0.25) is 0 Å². The van der Waals surface area contributed by atoms with Crippen molar-refractivity contribution in [3.63, 3.8) is 0 Å². The second-order valence-corrected chi connectivity index (χ2v) is 6.54. The number of aromatic nitrogens is 1. The van der Waals surface area contributed by atoms with Crippen LogP contribution in [0.4, 0.5) is 0 Å². The molecule has 100 valence electrons. The molecule has 2 rings (SSSR count). The average molecular weight is 285 g/mol. The summed E-state index contributed by atoms with van der Waals surface area (Å²) in [7, 11) is 0. The van der Waals surface area contributed by atoms with Crippen molar-refractivity contribution in [2.45, 2.75) is 43.7 Å². The van der Waals surface area contributed by atoms with Crippen molar-refractivity contribution in [2.75, 3.05) is 12.3 Å². The summed E-state index contributed by atoms with van der Waals surface area (Å²) in [4.78, 5) is 4.28. The highest BCUT2D eigenvalue weighted by molar-refractivity contribution is 7.99. The van der Waals surface area contributed by atoms with E-state index in [2.05, 4.69) is 17.2 Å². The van der Waals surface area contributed by atoms with Gasteiger partial charge in [-0.25, -0.2) is 4.98 Å². The minimum atomic E-state index is 0.723. The summed E-state index contributed by atoms with van der Waals surface area (Å²) < 4.78 is 0. The molecule has 1 saturated carbocycles. The Morgan fingerprint density at radius 2 is 2.17 bits per heavy atom. The number of thioether (sulfide) groups is 1. The third-order valence-electron chi connectivity index (χ3n) is 3.51. The summed E-state index contributed by atoms with van der Waals surface area (Å²) in [5.41, 5.74) is 0. The Morgan fingerprint density at radius 1 is 1.39 bits per heavy atom. The van der Waals surface area contributed by atoms with E-state index in [0.29, 0.717) is 0 Å². The molecular weight excluding hydrogens is 264 g/mol. The zero-order valence-corrected chi connectivity index (χ0v) is 12.4. The largest absolute Gasteiger partial charge is 0.313 e. The van der Waals surface area contributed by atoms with Crippen LogP contribution in [0.25, 0.3) is 0 Å². The minimum Gasteiger partial charge on any atom is -0.313 e. The molecule has 0 bridgehead atoms. The molecule has 1 aromatic rings. The van der Waals surface area contributed by atoms with E-state index in [-0.39, 0.29) is 0 Å². The second-order valence-electron chi connectivity index (χ2n) is 5.05. The van der Waals surface area contributed by atoms with Gasteiger partial charge in [0.2, 0.25) is 0 Å². The van der Waals surface area contributed by atoms with E-state index >= 15 is 0 Å². The fourth-order valence-corrected chi connectivity index (χ4v) is 3.39. The van der Waals surface area contributed by atoms with Gasteiger partial charge in [-0.2, -0.15) is 0 Å². The van der Waals surface area contributed by atoms with Crippen molar-refractivity contribution in [1.29, 1.82) is 0 Å². The van der Waals surface area contributed by atoms with Gasteiger partial charge >= 0.3 is 0 Å². The summed E-state index contributed by atoms with van der Waals surface area (Å²) in [5.74, 6) is 1.95. The predicted octanol–water partition coefficient (Wildman–Crippen LogP) is 4.00. The molecular formula is C14H21ClN2S. The van der Waals surface area contributed by atoms with Crippen molar-refractivity contribution in [3.05, 3.63) is 23.4 Å². The highest BCUT2D eigenvalue weighted by Crippen LogP contribution is 2.25. The maximum Gasteiger partial charge on any atom is 0.115 e. The van der Waals surface area contributed by atoms with Crippen molar-refractivity contribution in [3.8, 4) is 0 Å². The van der Waals surface area contributed by atoms with E-state index in [1.807, 2.05) is 12.1 Å². The molecule has 0 radical (unpaired) electrons. The lowest BCUT2D eigenvalue weighted by Gasteiger charge is -2.26. The van der Waals surface area contributed by atoms with Crippen LogP contribution in [0.1, 0.15) is 32.6 Å². The van der Waals surface area contributed by atoms with Gasteiger partial charge in [0.05, 0.1) is 5.02 Å². The number of nitrogens with zero attached hydrogens (tertiary/aromatic N) is 1. The smallest absolute Gasteiger partial charge is 0.115 e. The number of hydrogen-bond donors (Lipinski definition) is 1. The van der Waals surface area contributed by atoms with Crippen molar-refractivity contribution >= 4 is 23.4 Å². The van der Waals surface area contributed by atoms with Crippen LogP contribution in [-0.2, 0) is 0 Å². The number of halogens is 1. The molecule has 0 saturated heterocycles. The molecule has 0 atom stereocenters. The lowest BCUT2D eigenvalue weighted by atomic mass is 9.87. The molecule has 0 aliphatic heterocycles. The summed E-state index contributed by atoms with van der Waals surface area (Å²) in [6.07, 6.45) is 7.20. The number of rotatable bonds is 5. The van der Waals surface area contributed by atoms with E-state index in [4.69, 9.17) is 11.6 Å². The second kappa shape index (κ2) is 7.37. The standard InChI is InChI=1S/C14H21ClN2S/c1-11-4-6-12(7-5-11)16-9-10-18-14-13(15)3-2-8-17-14/h2-3,8,11-12,16H,4-7,9-10H2,1H3. The van der Waals surface area contributed by atoms with E-state index < -0.39 is 0 Å². The van der Waals surface area contributed by atoms with Crippen molar-refractivity contribution in [2.24, 2.45) is 5.92 Å². The highest BCUT2D eigenvalue weighted by atomic mass is 35.5. The van der Waals surface area contributed by atoms with Gasteiger partial charge in [-0.15, -0.1) is 11.8 Å². The van der Waals surface area contributed by atoms with Gasteiger partial charge in [-0.05, 0) is 43.7 Å². The molecule has 0 amide bonds. The molecule has 1 aliphatic carbocycles. The third-order valence-corrected chi connectivity index (χ3v) is 4.94. The van der Waals surface area contributed by atoms with Crippen LogP contribution in [0.3, 0.4) is 0 Å². The molecule has 1 heterocycles. The van der Waals surface area contributed by atoms with E-state index in [1.54, 1.807) is 18.0 Å². The van der Waals surface area contributed by atoms with Gasteiger partial charge in [0.15, 0.2) is 0 Å². The number of hydrogen-bond acceptors (Lipinski definition) is 3. The first-order valence-corrected chi connectivity index (χ1v) is 8.09. The topological polar surface area (TPSA) is 24.9 Å². The summed E-state index contributed by atoms with van der Waals surface area (Å²) >= 11 is 7.79. The van der Waals surface area contributed by atoms with Gasteiger partial charge in [-0.1, -0.05) is 18.5 Å². The van der Waals surface area contributed by atoms with E-state index in [9.17, 15) is 0 Å². The number of nitrogens with one attached hydrogen (secondary N) is 1. The summed E-state index contributed by atoms with van der Waals surface area (Å²) in [5, 5.41) is 5.34. The number of pyridine rings is 1.